The van der Waals surface area contributed by atoms with Gasteiger partial charge in [-0.1, -0.05) is 0 Å². The number of hydrogen-bond acceptors (Lipinski definition) is 21. The molecule has 0 aliphatic rings. The van der Waals surface area contributed by atoms with E-state index in [9.17, 15) is 0 Å². The topological polar surface area (TPSA) is 400 Å². The van der Waals surface area contributed by atoms with Crippen LogP contribution in [0.5, 0.6) is 0 Å². The van der Waals surface area contributed by atoms with E-state index in [1.165, 1.54) is 0 Å². The first-order chi connectivity index (χ1) is 12.1. The fourth-order valence-electron chi connectivity index (χ4n) is 0. The summed E-state index contributed by atoms with van der Waals surface area (Å²) in [5.41, 5.74) is 0. The maximum atomic E-state index is 8.56. The normalized spacial score (nSPS) is 5.65. The van der Waals surface area contributed by atoms with Gasteiger partial charge in [0.05, 0.1) is 0 Å². The summed E-state index contributed by atoms with van der Waals surface area (Å²) in [5.74, 6) is 0. The van der Waals surface area contributed by atoms with Crippen molar-refractivity contribution < 1.29 is 260 Å². The molecule has 0 radical (unpaired) electrons. The molecule has 0 aromatic carbocycles. The second kappa shape index (κ2) is 59.1. The van der Waals surface area contributed by atoms with Crippen LogP contribution in [0.25, 0.3) is 0 Å². The van der Waals surface area contributed by atoms with Crippen LogP contribution in [0.4, 0.5) is 0 Å². The maximum absolute atomic E-state index is 8.56. The van der Waals surface area contributed by atoms with Gasteiger partial charge in [-0.25, -0.2) is 0 Å². The summed E-state index contributed by atoms with van der Waals surface area (Å²) in [6.45, 7) is 0. The second-order valence-corrected chi connectivity index (χ2v) is 6.45. The number of hydrogen-bond donors (Lipinski definition) is 0. The van der Waals surface area contributed by atoms with E-state index in [4.69, 9.17) is 79.7 Å². The molecule has 31 heteroatoms. The number of rotatable bonds is 0. The van der Waals surface area contributed by atoms with Crippen LogP contribution >= 0.6 is 9.90 Å². The van der Waals surface area contributed by atoms with Gasteiger partial charge in [-0.2, -0.15) is 9.90 Å². The Kier molecular flexibility index (Phi) is 123. The molecule has 0 rings (SSSR count). The van der Waals surface area contributed by atoms with Crippen LogP contribution in [0, 0.1) is 0 Å². The van der Waals surface area contributed by atoms with Crippen LogP contribution in [0.15, 0.2) is 0 Å². The summed E-state index contributed by atoms with van der Waals surface area (Å²) >= 11 is -27.6. The molecule has 0 fully saturated rings. The molecule has 0 bridgehead atoms. The molecule has 21 nitrogen and oxygen atoms in total. The van der Waals surface area contributed by atoms with Crippen LogP contribution in [-0.2, 0) is 180 Å². The summed E-state index contributed by atoms with van der Waals surface area (Å²) in [5, 5.41) is 0. The third-order valence-electron chi connectivity index (χ3n) is 0. The minimum atomic E-state index is -3.94. The summed E-state index contributed by atoms with van der Waals surface area (Å²) in [7, 11) is 0. The fourth-order valence-corrected chi connectivity index (χ4v) is 0. The van der Waals surface area contributed by atoms with Crippen molar-refractivity contribution in [3.8, 4) is 0 Å². The molecular weight excluding hydrogens is 859 g/mol. The van der Waals surface area contributed by atoms with Crippen molar-refractivity contribution >= 4 is 9.90 Å². The molecule has 31 heavy (non-hydrogen) atoms. The second-order valence-electron chi connectivity index (χ2n) is 1.57. The van der Waals surface area contributed by atoms with Crippen LogP contribution < -0.4 is 79.6 Å². The van der Waals surface area contributed by atoms with Crippen LogP contribution in [0.1, 0.15) is 0 Å². The SMILES string of the molecule is P.[K+].[Mo+6].[O]=[V](=[O])[O-].[O]=[V](=[O])[O-].[O]=[V](=[O])[O-].[O]=[V](=[O])[O-].[O]=[V](=[O])[O-].[O]=[V](=[O])[O-].[O]=[V](=[O])[O-]. The summed E-state index contributed by atoms with van der Waals surface area (Å²) in [4.78, 5) is 0. The first kappa shape index (κ1) is 64.6. The summed E-state index contributed by atoms with van der Waals surface area (Å²) in [6.07, 6.45) is 0. The van der Waals surface area contributed by atoms with Crippen LogP contribution in [-0.4, -0.2) is 0 Å². The Morgan fingerprint density at radius 1 is 0.290 bits per heavy atom. The van der Waals surface area contributed by atoms with E-state index < -0.39 is 108 Å². The van der Waals surface area contributed by atoms with Crippen molar-refractivity contribution in [1.82, 2.24) is 0 Å². The predicted octanol–water partition coefficient (Wildman–Crippen LogP) is -12.9. The van der Waals surface area contributed by atoms with Gasteiger partial charge in [0.1, 0.15) is 0 Å². The molecule has 0 aromatic rings. The monoisotopic (exact) mass is 863 g/mol. The van der Waals surface area contributed by atoms with E-state index in [0.29, 0.717) is 0 Å². The predicted molar refractivity (Wildman–Crippen MR) is 20.7 cm³/mol. The first-order valence-electron chi connectivity index (χ1n) is 3.83. The Morgan fingerprint density at radius 2 is 0.290 bits per heavy atom. The van der Waals surface area contributed by atoms with E-state index in [-0.39, 0.29) is 82.3 Å². The van der Waals surface area contributed by atoms with E-state index in [0.717, 1.165) is 0 Å². The van der Waals surface area contributed by atoms with Crippen molar-refractivity contribution in [2.24, 2.45) is 0 Å². The van der Waals surface area contributed by atoms with Crippen molar-refractivity contribution in [1.29, 1.82) is 0 Å². The molecule has 0 aromatic heterocycles. The van der Waals surface area contributed by atoms with Crippen molar-refractivity contribution in [3.05, 3.63) is 0 Å². The van der Waals surface area contributed by atoms with Gasteiger partial charge in [-0.05, 0) is 0 Å². The molecular formula is H3KMoO21PV7. The zero-order valence-corrected chi connectivity index (χ0v) is 30.1. The molecule has 1 unspecified atom stereocenters. The van der Waals surface area contributed by atoms with E-state index in [1.807, 2.05) is 0 Å². The van der Waals surface area contributed by atoms with Gasteiger partial charge in [0.25, 0.3) is 0 Å². The molecule has 1 atom stereocenters. The summed E-state index contributed by atoms with van der Waals surface area (Å²) in [6, 6.07) is 0. The molecule has 176 valence electrons. The molecule has 0 heterocycles. The molecule has 0 aliphatic carbocycles. The van der Waals surface area contributed by atoms with E-state index in [1.54, 1.807) is 0 Å². The molecule has 0 saturated carbocycles. The van der Waals surface area contributed by atoms with Gasteiger partial charge in [-0.15, -0.1) is 0 Å². The molecule has 0 amide bonds. The van der Waals surface area contributed by atoms with Crippen molar-refractivity contribution in [2.75, 3.05) is 0 Å². The van der Waals surface area contributed by atoms with Crippen molar-refractivity contribution in [3.63, 3.8) is 0 Å². The Morgan fingerprint density at radius 3 is 0.290 bits per heavy atom. The standard InChI is InChI=1S/K.Mo.21O.H3P.7V/h;;;;;;;;;;;;;;;;;;;;;;;1H3;;;;;;;/q+1;+6;;;;;;;;;;;;;;;7*-1;;;;;;;;. The van der Waals surface area contributed by atoms with Crippen molar-refractivity contribution in [2.45, 2.75) is 0 Å². The minimum absolute atomic E-state index is 0. The third-order valence-corrected chi connectivity index (χ3v) is 0. The van der Waals surface area contributed by atoms with Gasteiger partial charge in [0, 0.05) is 0 Å². The quantitative estimate of drug-likeness (QED) is 0.161. The van der Waals surface area contributed by atoms with Gasteiger partial charge >= 0.3 is 260 Å². The average Bonchev–Trinajstić information content (AvgIpc) is 2.20. The van der Waals surface area contributed by atoms with E-state index in [2.05, 4.69) is 0 Å². The van der Waals surface area contributed by atoms with E-state index >= 15 is 0 Å². The zero-order chi connectivity index (χ0) is 25.0. The van der Waals surface area contributed by atoms with Gasteiger partial charge in [0.2, 0.25) is 0 Å². The van der Waals surface area contributed by atoms with Gasteiger partial charge < -0.3 is 0 Å². The molecule has 0 saturated heterocycles. The average molecular weight is 862 g/mol. The Labute approximate surface area is 264 Å². The zero-order valence-electron chi connectivity index (χ0n) is 13.8. The fraction of sp³-hybridized carbons (Fsp3) is 0. The Hall–Kier alpha value is 3.77. The van der Waals surface area contributed by atoms with Gasteiger partial charge in [0.15, 0.2) is 0 Å². The first-order valence-corrected chi connectivity index (χ1v) is 15.8. The summed E-state index contributed by atoms with van der Waals surface area (Å²) < 4.78 is 180. The molecule has 0 N–H and O–H groups in total. The molecule has 0 aliphatic heterocycles. The third kappa shape index (κ3) is 2400. The Balaban J connectivity index is -0.0000000204. The van der Waals surface area contributed by atoms with Crippen LogP contribution in [0.3, 0.4) is 0 Å². The van der Waals surface area contributed by atoms with Crippen LogP contribution in [0.2, 0.25) is 0 Å². The van der Waals surface area contributed by atoms with Gasteiger partial charge in [-0.3, -0.25) is 0 Å². The molecule has 0 spiro atoms. The Bertz CT molecular complexity index is 577.